The minimum absolute atomic E-state index is 0.115. The van der Waals surface area contributed by atoms with E-state index in [0.29, 0.717) is 17.8 Å². The number of hydrogen-bond acceptors (Lipinski definition) is 2. The molecule has 0 spiro atoms. The van der Waals surface area contributed by atoms with E-state index in [2.05, 4.69) is 93.5 Å². The van der Waals surface area contributed by atoms with Crippen LogP contribution in [0.25, 0.3) is 11.1 Å². The molecule has 0 aliphatic heterocycles. The SMILES string of the molecule is CC(C)Oc1ccc(OC(C)C)c(P(C2CCCCC2)C2CCCCC2)c1-c1c(C(C)C)cc(C(C)C)cc1C(C)C. The Morgan fingerprint density at radius 3 is 1.38 bits per heavy atom. The summed E-state index contributed by atoms with van der Waals surface area (Å²) in [7, 11) is -0.418. The Morgan fingerprint density at radius 2 is 0.976 bits per heavy atom. The lowest BCUT2D eigenvalue weighted by molar-refractivity contribution is 0.237. The second kappa shape index (κ2) is 15.0. The van der Waals surface area contributed by atoms with Crippen molar-refractivity contribution in [3.05, 3.63) is 41.0 Å². The molecule has 0 N–H and O–H groups in total. The highest BCUT2D eigenvalue weighted by Gasteiger charge is 2.38. The van der Waals surface area contributed by atoms with Crippen LogP contribution < -0.4 is 14.8 Å². The summed E-state index contributed by atoms with van der Waals surface area (Å²) < 4.78 is 13.7. The summed E-state index contributed by atoms with van der Waals surface area (Å²) in [5.74, 6) is 3.53. The third-order valence-corrected chi connectivity index (χ3v) is 13.0. The van der Waals surface area contributed by atoms with Crippen LogP contribution in [-0.2, 0) is 0 Å². The lowest BCUT2D eigenvalue weighted by Crippen LogP contribution is -2.29. The average molecular weight is 593 g/mol. The normalized spacial score (nSPS) is 17.4. The van der Waals surface area contributed by atoms with E-state index in [9.17, 15) is 0 Å². The van der Waals surface area contributed by atoms with Gasteiger partial charge in [-0.15, -0.1) is 0 Å². The summed E-state index contributed by atoms with van der Waals surface area (Å²) in [6, 6.07) is 9.58. The van der Waals surface area contributed by atoms with Gasteiger partial charge in [-0.05, 0) is 117 Å². The van der Waals surface area contributed by atoms with Gasteiger partial charge >= 0.3 is 0 Å². The van der Waals surface area contributed by atoms with Crippen LogP contribution in [0.1, 0.15) is 168 Å². The Morgan fingerprint density at radius 1 is 0.548 bits per heavy atom. The molecule has 0 heterocycles. The molecule has 234 valence electrons. The number of hydrogen-bond donors (Lipinski definition) is 0. The number of rotatable bonds is 11. The minimum Gasteiger partial charge on any atom is -0.490 e. The molecule has 0 bridgehead atoms. The summed E-state index contributed by atoms with van der Waals surface area (Å²) in [5.41, 5.74) is 8.79. The molecule has 0 radical (unpaired) electrons. The van der Waals surface area contributed by atoms with E-state index in [-0.39, 0.29) is 12.2 Å². The van der Waals surface area contributed by atoms with Gasteiger partial charge in [-0.3, -0.25) is 0 Å². The van der Waals surface area contributed by atoms with Gasteiger partial charge in [0.25, 0.3) is 0 Å². The molecule has 0 aromatic heterocycles. The first-order chi connectivity index (χ1) is 20.0. The van der Waals surface area contributed by atoms with Crippen LogP contribution in [0.4, 0.5) is 0 Å². The smallest absolute Gasteiger partial charge is 0.128 e. The Labute approximate surface area is 260 Å². The van der Waals surface area contributed by atoms with Crippen molar-refractivity contribution >= 4 is 13.2 Å². The molecule has 42 heavy (non-hydrogen) atoms. The molecule has 2 aromatic carbocycles. The first kappa shape index (κ1) is 33.4. The monoisotopic (exact) mass is 592 g/mol. The third kappa shape index (κ3) is 7.75. The molecule has 2 aliphatic rings. The molecule has 2 aromatic rings. The van der Waals surface area contributed by atoms with Crippen molar-refractivity contribution in [3.8, 4) is 22.6 Å². The Balaban J connectivity index is 2.15. The van der Waals surface area contributed by atoms with Crippen molar-refractivity contribution in [2.75, 3.05) is 0 Å². The number of ether oxygens (including phenoxy) is 2. The van der Waals surface area contributed by atoms with E-state index < -0.39 is 7.92 Å². The summed E-state index contributed by atoms with van der Waals surface area (Å²) in [6.45, 7) is 23.0. The molecule has 4 rings (SSSR count). The van der Waals surface area contributed by atoms with Crippen LogP contribution in [0.2, 0.25) is 0 Å². The second-order valence-corrected chi connectivity index (χ2v) is 17.4. The van der Waals surface area contributed by atoms with Gasteiger partial charge in [-0.1, -0.05) is 100 Å². The van der Waals surface area contributed by atoms with Gasteiger partial charge in [0, 0.05) is 10.9 Å². The molecule has 3 heteroatoms. The maximum atomic E-state index is 6.85. The fourth-order valence-electron chi connectivity index (χ4n) is 7.38. The molecular formula is C39H61O2P. The Bertz CT molecular complexity index is 1100. The zero-order valence-corrected chi connectivity index (χ0v) is 29.6. The van der Waals surface area contributed by atoms with Gasteiger partial charge in [0.1, 0.15) is 11.5 Å². The summed E-state index contributed by atoms with van der Waals surface area (Å²) in [5, 5.41) is 1.54. The van der Waals surface area contributed by atoms with Crippen LogP contribution in [0, 0.1) is 0 Å². The second-order valence-electron chi connectivity index (χ2n) is 14.6. The topological polar surface area (TPSA) is 18.5 Å². The van der Waals surface area contributed by atoms with E-state index >= 15 is 0 Å². The summed E-state index contributed by atoms with van der Waals surface area (Å²) in [6.07, 6.45) is 14.1. The molecule has 0 unspecified atom stereocenters. The van der Waals surface area contributed by atoms with Gasteiger partial charge in [0.05, 0.1) is 12.2 Å². The number of benzene rings is 2. The molecule has 0 saturated heterocycles. The quantitative estimate of drug-likeness (QED) is 0.242. The van der Waals surface area contributed by atoms with Crippen LogP contribution in [0.5, 0.6) is 11.5 Å². The fourth-order valence-corrected chi connectivity index (χ4v) is 11.4. The van der Waals surface area contributed by atoms with Crippen LogP contribution in [0.15, 0.2) is 24.3 Å². The predicted octanol–water partition coefficient (Wildman–Crippen LogP) is 12.1. The van der Waals surface area contributed by atoms with Crippen molar-refractivity contribution < 1.29 is 9.47 Å². The van der Waals surface area contributed by atoms with Crippen LogP contribution >= 0.6 is 7.92 Å². The molecule has 2 nitrogen and oxygen atoms in total. The van der Waals surface area contributed by atoms with Gasteiger partial charge in [-0.25, -0.2) is 0 Å². The maximum absolute atomic E-state index is 6.85. The molecule has 0 amide bonds. The van der Waals surface area contributed by atoms with Crippen molar-refractivity contribution in [2.45, 2.75) is 175 Å². The van der Waals surface area contributed by atoms with Gasteiger partial charge in [0.2, 0.25) is 0 Å². The molecule has 2 fully saturated rings. The predicted molar refractivity (Wildman–Crippen MR) is 186 cm³/mol. The first-order valence-corrected chi connectivity index (χ1v) is 18.9. The molecule has 0 atom stereocenters. The summed E-state index contributed by atoms with van der Waals surface area (Å²) >= 11 is 0. The molecule has 2 aliphatic carbocycles. The largest absolute Gasteiger partial charge is 0.490 e. The average Bonchev–Trinajstić information content (AvgIpc) is 2.94. The standard InChI is InChI=1S/C39H61O2P/c1-25(2)30-23-33(26(3)4)37(34(24-30)27(5)6)38-35(40-28(7)8)21-22-36(41-29(9)10)39(38)42(31-17-13-11-14-18-31)32-19-15-12-16-20-32/h21-29,31-32H,11-20H2,1-10H3. The van der Waals surface area contributed by atoms with Crippen LogP contribution in [-0.4, -0.2) is 23.5 Å². The molecule has 2 saturated carbocycles. The van der Waals surface area contributed by atoms with E-state index in [1.54, 1.807) is 0 Å². The van der Waals surface area contributed by atoms with Gasteiger partial charge in [0.15, 0.2) is 0 Å². The van der Waals surface area contributed by atoms with Crippen molar-refractivity contribution in [2.24, 2.45) is 0 Å². The molecular weight excluding hydrogens is 531 g/mol. The highest BCUT2D eigenvalue weighted by molar-refractivity contribution is 7.67. The maximum Gasteiger partial charge on any atom is 0.128 e. The Hall–Kier alpha value is -1.53. The van der Waals surface area contributed by atoms with E-state index in [0.717, 1.165) is 22.8 Å². The summed E-state index contributed by atoms with van der Waals surface area (Å²) in [4.78, 5) is 0. The van der Waals surface area contributed by atoms with Crippen molar-refractivity contribution in [3.63, 3.8) is 0 Å². The third-order valence-electron chi connectivity index (χ3n) is 9.40. The first-order valence-electron chi connectivity index (χ1n) is 17.5. The lowest BCUT2D eigenvalue weighted by atomic mass is 9.81. The van der Waals surface area contributed by atoms with E-state index in [4.69, 9.17) is 9.47 Å². The highest BCUT2D eigenvalue weighted by atomic mass is 31.1. The van der Waals surface area contributed by atoms with Gasteiger partial charge < -0.3 is 9.47 Å². The van der Waals surface area contributed by atoms with Crippen LogP contribution in [0.3, 0.4) is 0 Å². The Kier molecular flexibility index (Phi) is 11.9. The van der Waals surface area contributed by atoms with Crippen molar-refractivity contribution in [1.29, 1.82) is 0 Å². The highest BCUT2D eigenvalue weighted by Crippen LogP contribution is 2.59. The van der Waals surface area contributed by atoms with Crippen molar-refractivity contribution in [1.82, 2.24) is 0 Å². The van der Waals surface area contributed by atoms with E-state index in [1.165, 1.54) is 97.3 Å². The lowest BCUT2D eigenvalue weighted by Gasteiger charge is -2.41. The zero-order valence-electron chi connectivity index (χ0n) is 28.7. The fraction of sp³-hybridized carbons (Fsp3) is 0.692. The van der Waals surface area contributed by atoms with Gasteiger partial charge in [-0.2, -0.15) is 0 Å². The zero-order chi connectivity index (χ0) is 30.6. The minimum atomic E-state index is -0.418. The van der Waals surface area contributed by atoms with E-state index in [1.807, 2.05) is 0 Å².